The van der Waals surface area contributed by atoms with Crippen molar-refractivity contribution in [3.8, 4) is 5.75 Å². The molecule has 0 saturated carbocycles. The monoisotopic (exact) mass is 255 g/mol. The summed E-state index contributed by atoms with van der Waals surface area (Å²) in [6.45, 7) is 0.595. The van der Waals surface area contributed by atoms with Gasteiger partial charge in [0.05, 0.1) is 7.11 Å². The van der Waals surface area contributed by atoms with Gasteiger partial charge >= 0.3 is 0 Å². The first-order valence-corrected chi connectivity index (χ1v) is 5.37. The minimum absolute atomic E-state index is 0. The van der Waals surface area contributed by atoms with Crippen LogP contribution in [0.15, 0.2) is 24.4 Å². The highest BCUT2D eigenvalue weighted by atomic mass is 35.5. The third-order valence-electron chi connectivity index (χ3n) is 2.80. The summed E-state index contributed by atoms with van der Waals surface area (Å²) in [6, 6.07) is 5.90. The molecule has 0 unspecified atom stereocenters. The van der Waals surface area contributed by atoms with E-state index in [1.54, 1.807) is 7.11 Å². The summed E-state index contributed by atoms with van der Waals surface area (Å²) in [5, 5.41) is 1.11. The van der Waals surface area contributed by atoms with Crippen molar-refractivity contribution < 1.29 is 4.74 Å². The molecule has 0 aliphatic heterocycles. The molecule has 1 heterocycles. The van der Waals surface area contributed by atoms with Crippen LogP contribution in [-0.4, -0.2) is 18.6 Å². The summed E-state index contributed by atoms with van der Waals surface area (Å²) in [7, 11) is 1.66. The summed E-state index contributed by atoms with van der Waals surface area (Å²) in [4.78, 5) is 3.20. The third kappa shape index (κ3) is 2.72. The Hall–Kier alpha value is -1.23. The number of nitrogens with one attached hydrogen (secondary N) is 1. The molecule has 0 bridgehead atoms. The number of hydrogen-bond acceptors (Lipinski definition) is 3. The minimum atomic E-state index is -0.0224. The number of benzene rings is 1. The van der Waals surface area contributed by atoms with Crippen molar-refractivity contribution in [1.82, 2.24) is 4.98 Å². The molecule has 1 atom stereocenters. The number of hydrogen-bond donors (Lipinski definition) is 3. The molecule has 0 spiro atoms. The number of nitrogens with two attached hydrogens (primary N) is 2. The molecule has 2 aromatic rings. The van der Waals surface area contributed by atoms with Crippen molar-refractivity contribution in [1.29, 1.82) is 0 Å². The van der Waals surface area contributed by atoms with Crippen molar-refractivity contribution >= 4 is 23.3 Å². The summed E-state index contributed by atoms with van der Waals surface area (Å²) < 4.78 is 5.21. The molecule has 0 fully saturated rings. The molecule has 5 N–H and O–H groups in total. The van der Waals surface area contributed by atoms with E-state index in [-0.39, 0.29) is 18.4 Å². The second-order valence-electron chi connectivity index (χ2n) is 3.84. The van der Waals surface area contributed by atoms with Gasteiger partial charge in [-0.25, -0.2) is 0 Å². The molecule has 17 heavy (non-hydrogen) atoms. The largest absolute Gasteiger partial charge is 0.497 e. The second kappa shape index (κ2) is 5.91. The van der Waals surface area contributed by atoms with E-state index in [1.165, 1.54) is 0 Å². The van der Waals surface area contributed by atoms with Gasteiger partial charge in [-0.3, -0.25) is 0 Å². The number of rotatable bonds is 4. The highest BCUT2D eigenvalue weighted by Gasteiger charge is 2.11. The van der Waals surface area contributed by atoms with Crippen molar-refractivity contribution in [2.24, 2.45) is 11.5 Å². The molecular formula is C12H18ClN3O. The molecule has 0 amide bonds. The van der Waals surface area contributed by atoms with Crippen molar-refractivity contribution in [3.63, 3.8) is 0 Å². The summed E-state index contributed by atoms with van der Waals surface area (Å²) >= 11 is 0. The quantitative estimate of drug-likeness (QED) is 0.782. The third-order valence-corrected chi connectivity index (χ3v) is 2.80. The van der Waals surface area contributed by atoms with Gasteiger partial charge in [0, 0.05) is 23.1 Å². The minimum Gasteiger partial charge on any atom is -0.497 e. The van der Waals surface area contributed by atoms with Gasteiger partial charge in [-0.1, -0.05) is 0 Å². The molecule has 5 heteroatoms. The van der Waals surface area contributed by atoms with Gasteiger partial charge in [0.25, 0.3) is 0 Å². The van der Waals surface area contributed by atoms with Crippen LogP contribution in [0.25, 0.3) is 10.9 Å². The van der Waals surface area contributed by atoms with Gasteiger partial charge in [0.15, 0.2) is 0 Å². The molecule has 1 aromatic carbocycles. The lowest BCUT2D eigenvalue weighted by Crippen LogP contribution is -2.14. The van der Waals surface area contributed by atoms with Crippen LogP contribution in [0.2, 0.25) is 0 Å². The topological polar surface area (TPSA) is 77.1 Å². The Labute approximate surface area is 107 Å². The number of aromatic amines is 1. The first-order valence-electron chi connectivity index (χ1n) is 5.37. The van der Waals surface area contributed by atoms with Gasteiger partial charge in [-0.2, -0.15) is 0 Å². The van der Waals surface area contributed by atoms with Crippen LogP contribution in [0, 0.1) is 0 Å². The van der Waals surface area contributed by atoms with Crippen LogP contribution in [0.1, 0.15) is 18.0 Å². The van der Waals surface area contributed by atoms with E-state index in [0.29, 0.717) is 6.54 Å². The molecule has 0 radical (unpaired) electrons. The van der Waals surface area contributed by atoms with Crippen LogP contribution in [0.3, 0.4) is 0 Å². The van der Waals surface area contributed by atoms with E-state index in [1.807, 2.05) is 24.4 Å². The fraction of sp³-hybridized carbons (Fsp3) is 0.333. The highest BCUT2D eigenvalue weighted by molar-refractivity contribution is 5.85. The zero-order valence-electron chi connectivity index (χ0n) is 9.77. The second-order valence-corrected chi connectivity index (χ2v) is 3.84. The van der Waals surface area contributed by atoms with Crippen LogP contribution in [0.5, 0.6) is 5.75 Å². The Morgan fingerprint density at radius 1 is 1.41 bits per heavy atom. The molecule has 1 aromatic heterocycles. The Morgan fingerprint density at radius 2 is 2.18 bits per heavy atom. The van der Waals surface area contributed by atoms with Crippen molar-refractivity contribution in [2.75, 3.05) is 13.7 Å². The first-order chi connectivity index (χ1) is 7.76. The Bertz CT molecular complexity index is 484. The Kier molecular flexibility index (Phi) is 4.81. The summed E-state index contributed by atoms with van der Waals surface area (Å²) in [6.07, 6.45) is 2.73. The average molecular weight is 256 g/mol. The summed E-state index contributed by atoms with van der Waals surface area (Å²) in [5.74, 6) is 0.841. The number of fused-ring (bicyclic) bond motifs is 1. The molecule has 0 saturated heterocycles. The maximum atomic E-state index is 6.07. The number of aromatic nitrogens is 1. The van der Waals surface area contributed by atoms with Crippen LogP contribution in [-0.2, 0) is 0 Å². The van der Waals surface area contributed by atoms with Gasteiger partial charge in [0.1, 0.15) is 5.75 Å². The molecule has 0 aliphatic carbocycles. The van der Waals surface area contributed by atoms with Gasteiger partial charge in [-0.05, 0) is 36.7 Å². The normalized spacial score (nSPS) is 12.2. The lowest BCUT2D eigenvalue weighted by atomic mass is 10.0. The first kappa shape index (κ1) is 13.8. The summed E-state index contributed by atoms with van der Waals surface area (Å²) in [5.41, 5.74) is 13.8. The lowest BCUT2D eigenvalue weighted by Gasteiger charge is -2.09. The molecule has 94 valence electrons. The Morgan fingerprint density at radius 3 is 2.82 bits per heavy atom. The zero-order valence-corrected chi connectivity index (χ0v) is 10.6. The fourth-order valence-electron chi connectivity index (χ4n) is 1.89. The smallest absolute Gasteiger partial charge is 0.119 e. The van der Waals surface area contributed by atoms with Crippen LogP contribution >= 0.6 is 12.4 Å². The van der Waals surface area contributed by atoms with Gasteiger partial charge in [0.2, 0.25) is 0 Å². The van der Waals surface area contributed by atoms with E-state index in [0.717, 1.165) is 28.6 Å². The van der Waals surface area contributed by atoms with Gasteiger partial charge in [-0.15, -0.1) is 12.4 Å². The SMILES string of the molecule is COc1ccc2[nH]cc([C@@H](N)CCN)c2c1.Cl. The number of halogens is 1. The lowest BCUT2D eigenvalue weighted by molar-refractivity contribution is 0.415. The molecular weight excluding hydrogens is 238 g/mol. The number of methoxy groups -OCH3 is 1. The van der Waals surface area contributed by atoms with Crippen LogP contribution in [0.4, 0.5) is 0 Å². The standard InChI is InChI=1S/C12H17N3O.ClH/c1-16-8-2-3-12-9(6-8)10(7-15-12)11(14)4-5-13;/h2-3,6-7,11,15H,4-5,13-14H2,1H3;1H/t11-;/m0./s1. The molecule has 2 rings (SSSR count). The van der Waals surface area contributed by atoms with E-state index in [2.05, 4.69) is 4.98 Å². The average Bonchev–Trinajstić information content (AvgIpc) is 2.71. The van der Waals surface area contributed by atoms with E-state index in [4.69, 9.17) is 16.2 Å². The van der Waals surface area contributed by atoms with Crippen LogP contribution < -0.4 is 16.2 Å². The predicted octanol–water partition coefficient (Wildman–Crippen LogP) is 1.95. The number of H-pyrrole nitrogens is 1. The van der Waals surface area contributed by atoms with E-state index < -0.39 is 0 Å². The zero-order chi connectivity index (χ0) is 11.5. The predicted molar refractivity (Wildman–Crippen MR) is 72.7 cm³/mol. The van der Waals surface area contributed by atoms with E-state index >= 15 is 0 Å². The van der Waals surface area contributed by atoms with Crippen molar-refractivity contribution in [2.45, 2.75) is 12.5 Å². The highest BCUT2D eigenvalue weighted by Crippen LogP contribution is 2.27. The number of ether oxygens (including phenoxy) is 1. The molecule has 4 nitrogen and oxygen atoms in total. The maximum Gasteiger partial charge on any atom is 0.119 e. The van der Waals surface area contributed by atoms with E-state index in [9.17, 15) is 0 Å². The maximum absolute atomic E-state index is 6.07. The fourth-order valence-corrected chi connectivity index (χ4v) is 1.89. The molecule has 0 aliphatic rings. The van der Waals surface area contributed by atoms with Crippen molar-refractivity contribution in [3.05, 3.63) is 30.0 Å². The van der Waals surface area contributed by atoms with Gasteiger partial charge < -0.3 is 21.2 Å². The Balaban J connectivity index is 0.00000144.